The van der Waals surface area contributed by atoms with Gasteiger partial charge in [-0.25, -0.2) is 15.0 Å². The number of pyridine rings is 1. The topological polar surface area (TPSA) is 59.9 Å². The fourth-order valence-corrected chi connectivity index (χ4v) is 2.16. The second-order valence-electron chi connectivity index (χ2n) is 5.29. The largest absolute Gasteiger partial charge is 0.481 e. The van der Waals surface area contributed by atoms with E-state index in [1.54, 1.807) is 13.3 Å². The van der Waals surface area contributed by atoms with Crippen molar-refractivity contribution in [1.82, 2.24) is 15.0 Å². The number of nitrogens with zero attached hydrogens (tertiary/aromatic N) is 3. The van der Waals surface area contributed by atoms with Gasteiger partial charge in [0, 0.05) is 42.0 Å². The van der Waals surface area contributed by atoms with Crippen LogP contribution >= 0.6 is 0 Å². The number of hydrogen-bond acceptors (Lipinski definition) is 5. The molecule has 5 nitrogen and oxygen atoms in total. The lowest BCUT2D eigenvalue weighted by Crippen LogP contribution is -2.05. The molecule has 0 spiro atoms. The summed E-state index contributed by atoms with van der Waals surface area (Å²) >= 11 is 0. The van der Waals surface area contributed by atoms with E-state index in [9.17, 15) is 0 Å². The van der Waals surface area contributed by atoms with Crippen LogP contribution in [0.5, 0.6) is 5.88 Å². The van der Waals surface area contributed by atoms with Crippen molar-refractivity contribution in [2.24, 2.45) is 0 Å². The molecule has 0 unspecified atom stereocenters. The van der Waals surface area contributed by atoms with E-state index in [1.807, 2.05) is 12.1 Å². The van der Waals surface area contributed by atoms with Crippen LogP contribution in [0.25, 0.3) is 11.4 Å². The van der Waals surface area contributed by atoms with Crippen molar-refractivity contribution in [3.8, 4) is 17.3 Å². The first kappa shape index (κ1) is 13.8. The minimum Gasteiger partial charge on any atom is -0.481 e. The smallest absolute Gasteiger partial charge is 0.212 e. The summed E-state index contributed by atoms with van der Waals surface area (Å²) in [5, 5.41) is 3.35. The van der Waals surface area contributed by atoms with E-state index in [0.717, 1.165) is 35.9 Å². The number of ether oxygens (including phenoxy) is 1. The fraction of sp³-hybridized carbons (Fsp3) is 0.438. The van der Waals surface area contributed by atoms with Gasteiger partial charge in [-0.3, -0.25) is 0 Å². The Kier molecular flexibility index (Phi) is 3.99. The molecule has 0 atom stereocenters. The molecule has 1 N–H and O–H groups in total. The number of methoxy groups -OCH3 is 1. The number of rotatable bonds is 6. The van der Waals surface area contributed by atoms with Crippen LogP contribution in [0.1, 0.15) is 37.8 Å². The summed E-state index contributed by atoms with van der Waals surface area (Å²) in [7, 11) is 1.61. The molecule has 5 heteroatoms. The van der Waals surface area contributed by atoms with Gasteiger partial charge in [-0.2, -0.15) is 0 Å². The van der Waals surface area contributed by atoms with Gasteiger partial charge in [0.1, 0.15) is 5.82 Å². The van der Waals surface area contributed by atoms with Crippen molar-refractivity contribution in [2.75, 3.05) is 19.0 Å². The van der Waals surface area contributed by atoms with Gasteiger partial charge in [0.2, 0.25) is 5.88 Å². The molecule has 2 aromatic heterocycles. The average Bonchev–Trinajstić information content (AvgIpc) is 3.37. The van der Waals surface area contributed by atoms with Crippen LogP contribution in [-0.2, 0) is 0 Å². The quantitative estimate of drug-likeness (QED) is 0.882. The first-order valence-electron chi connectivity index (χ1n) is 7.43. The molecule has 1 fully saturated rings. The maximum absolute atomic E-state index is 5.09. The van der Waals surface area contributed by atoms with Crippen LogP contribution in [0.15, 0.2) is 24.4 Å². The zero-order valence-corrected chi connectivity index (χ0v) is 12.5. The summed E-state index contributed by atoms with van der Waals surface area (Å²) in [4.78, 5) is 13.5. The molecule has 2 heterocycles. The normalized spacial score (nSPS) is 14.0. The van der Waals surface area contributed by atoms with Crippen LogP contribution in [-0.4, -0.2) is 28.6 Å². The third kappa shape index (κ3) is 3.29. The summed E-state index contributed by atoms with van der Waals surface area (Å²) in [6.07, 6.45) is 5.28. The van der Waals surface area contributed by atoms with E-state index >= 15 is 0 Å². The minimum absolute atomic E-state index is 0.597. The molecule has 0 amide bonds. The van der Waals surface area contributed by atoms with Gasteiger partial charge in [0.25, 0.3) is 0 Å². The third-order valence-electron chi connectivity index (χ3n) is 3.50. The van der Waals surface area contributed by atoms with Crippen LogP contribution in [0, 0.1) is 0 Å². The lowest BCUT2D eigenvalue weighted by Gasteiger charge is -2.09. The lowest BCUT2D eigenvalue weighted by atomic mass is 10.2. The summed E-state index contributed by atoms with van der Waals surface area (Å²) in [5.41, 5.74) is 2.05. The summed E-state index contributed by atoms with van der Waals surface area (Å²) in [6, 6.07) is 5.86. The molecule has 0 aromatic carbocycles. The number of nitrogens with one attached hydrogen (secondary N) is 1. The summed E-state index contributed by atoms with van der Waals surface area (Å²) < 4.78 is 5.09. The Balaban J connectivity index is 1.93. The number of aromatic nitrogens is 3. The predicted molar refractivity (Wildman–Crippen MR) is 82.6 cm³/mol. The Hall–Kier alpha value is -2.17. The molecule has 1 aliphatic rings. The molecule has 2 aromatic rings. The van der Waals surface area contributed by atoms with E-state index in [-0.39, 0.29) is 0 Å². The molecule has 0 aliphatic heterocycles. The maximum atomic E-state index is 5.09. The Morgan fingerprint density at radius 1 is 1.29 bits per heavy atom. The van der Waals surface area contributed by atoms with Crippen molar-refractivity contribution in [3.63, 3.8) is 0 Å². The van der Waals surface area contributed by atoms with Crippen LogP contribution in [0.4, 0.5) is 5.82 Å². The number of hydrogen-bond donors (Lipinski definition) is 1. The van der Waals surface area contributed by atoms with Gasteiger partial charge in [-0.15, -0.1) is 0 Å². The van der Waals surface area contributed by atoms with Gasteiger partial charge in [-0.05, 0) is 25.3 Å². The van der Waals surface area contributed by atoms with E-state index in [4.69, 9.17) is 9.72 Å². The molecular weight excluding hydrogens is 264 g/mol. The van der Waals surface area contributed by atoms with Crippen molar-refractivity contribution >= 4 is 5.82 Å². The molecule has 1 aliphatic carbocycles. The molecule has 21 heavy (non-hydrogen) atoms. The van der Waals surface area contributed by atoms with Gasteiger partial charge in [0.05, 0.1) is 7.11 Å². The van der Waals surface area contributed by atoms with Gasteiger partial charge >= 0.3 is 0 Å². The van der Waals surface area contributed by atoms with E-state index in [1.165, 1.54) is 12.8 Å². The van der Waals surface area contributed by atoms with E-state index in [0.29, 0.717) is 11.8 Å². The highest BCUT2D eigenvalue weighted by molar-refractivity contribution is 5.57. The molecular formula is C16H20N4O. The number of anilines is 1. The molecule has 1 saturated carbocycles. The van der Waals surface area contributed by atoms with Gasteiger partial charge < -0.3 is 10.1 Å². The maximum Gasteiger partial charge on any atom is 0.212 e. The van der Waals surface area contributed by atoms with Crippen LogP contribution < -0.4 is 10.1 Å². The first-order chi connectivity index (χ1) is 10.3. The monoisotopic (exact) mass is 284 g/mol. The highest BCUT2D eigenvalue weighted by Gasteiger charge is 2.26. The fourth-order valence-electron chi connectivity index (χ4n) is 2.16. The average molecular weight is 284 g/mol. The first-order valence-corrected chi connectivity index (χ1v) is 7.43. The third-order valence-corrected chi connectivity index (χ3v) is 3.50. The van der Waals surface area contributed by atoms with Gasteiger partial charge in [-0.1, -0.05) is 6.92 Å². The van der Waals surface area contributed by atoms with Crippen molar-refractivity contribution in [3.05, 3.63) is 30.1 Å². The molecule has 0 radical (unpaired) electrons. The second kappa shape index (κ2) is 6.08. The zero-order valence-electron chi connectivity index (χ0n) is 12.5. The van der Waals surface area contributed by atoms with Crippen molar-refractivity contribution < 1.29 is 4.74 Å². The molecule has 3 rings (SSSR count). The summed E-state index contributed by atoms with van der Waals surface area (Å²) in [5.74, 6) is 2.83. The van der Waals surface area contributed by atoms with Crippen molar-refractivity contribution in [2.45, 2.75) is 32.1 Å². The highest BCUT2D eigenvalue weighted by Crippen LogP contribution is 2.40. The Bertz CT molecular complexity index is 608. The molecule has 0 saturated heterocycles. The van der Waals surface area contributed by atoms with E-state index in [2.05, 4.69) is 28.3 Å². The molecule has 0 bridgehead atoms. The zero-order chi connectivity index (χ0) is 14.7. The Labute approximate surface area is 124 Å². The standard InChI is InChI=1S/C16H20N4O/c1-3-8-17-14-9-13(11-4-5-11)19-16(20-14)12-6-7-15(21-2)18-10-12/h6-7,9-11H,3-5,8H2,1-2H3,(H,17,19,20). The SMILES string of the molecule is CCCNc1cc(C2CC2)nc(-c2ccc(OC)nc2)n1. The van der Waals surface area contributed by atoms with Crippen LogP contribution in [0.2, 0.25) is 0 Å². The lowest BCUT2D eigenvalue weighted by molar-refractivity contribution is 0.398. The highest BCUT2D eigenvalue weighted by atomic mass is 16.5. The van der Waals surface area contributed by atoms with E-state index < -0.39 is 0 Å². The predicted octanol–water partition coefficient (Wildman–Crippen LogP) is 3.25. The summed E-state index contributed by atoms with van der Waals surface area (Å²) in [6.45, 7) is 3.06. The minimum atomic E-state index is 0.597. The Morgan fingerprint density at radius 2 is 2.14 bits per heavy atom. The molecule has 110 valence electrons. The second-order valence-corrected chi connectivity index (χ2v) is 5.29. The van der Waals surface area contributed by atoms with Crippen LogP contribution in [0.3, 0.4) is 0 Å². The Morgan fingerprint density at radius 3 is 2.76 bits per heavy atom. The van der Waals surface area contributed by atoms with Gasteiger partial charge in [0.15, 0.2) is 5.82 Å². The van der Waals surface area contributed by atoms with Crippen molar-refractivity contribution in [1.29, 1.82) is 0 Å².